The average Bonchev–Trinajstić information content (AvgIpc) is 2.33. The van der Waals surface area contributed by atoms with Gasteiger partial charge in [0.2, 0.25) is 0 Å². The first-order valence-electron chi connectivity index (χ1n) is 5.44. The van der Waals surface area contributed by atoms with Crippen LogP contribution >= 0.6 is 55.1 Å². The Balaban J connectivity index is 2.49. The van der Waals surface area contributed by atoms with E-state index in [4.69, 9.17) is 23.2 Å². The van der Waals surface area contributed by atoms with Crippen LogP contribution in [0.4, 0.5) is 4.39 Å². The van der Waals surface area contributed by atoms with E-state index in [0.29, 0.717) is 10.6 Å². The van der Waals surface area contributed by atoms with Gasteiger partial charge in [-0.05, 0) is 42.3 Å². The number of halogens is 5. The maximum Gasteiger partial charge on any atom is 0.129 e. The molecule has 0 aliphatic rings. The van der Waals surface area contributed by atoms with Crippen LogP contribution in [0.25, 0.3) is 0 Å². The summed E-state index contributed by atoms with van der Waals surface area (Å²) in [6, 6.07) is 8.35. The van der Waals surface area contributed by atoms with Crippen molar-refractivity contribution in [3.05, 3.63) is 66.8 Å². The van der Waals surface area contributed by atoms with Crippen molar-refractivity contribution in [1.82, 2.24) is 0 Å². The van der Waals surface area contributed by atoms with Gasteiger partial charge in [0.05, 0.1) is 5.38 Å². The number of benzene rings is 2. The molecule has 0 fully saturated rings. The molecule has 0 amide bonds. The molecule has 0 saturated heterocycles. The number of alkyl halides is 1. The van der Waals surface area contributed by atoms with Crippen molar-refractivity contribution in [3.63, 3.8) is 0 Å². The van der Waals surface area contributed by atoms with Gasteiger partial charge >= 0.3 is 0 Å². The molecule has 5 heteroatoms. The van der Waals surface area contributed by atoms with Crippen LogP contribution in [-0.2, 0) is 0 Å². The lowest BCUT2D eigenvalue weighted by atomic mass is 10.0. The molecule has 0 heterocycles. The van der Waals surface area contributed by atoms with Gasteiger partial charge in [0, 0.05) is 19.5 Å². The molecule has 0 aromatic heterocycles. The van der Waals surface area contributed by atoms with E-state index in [-0.39, 0.29) is 0 Å². The van der Waals surface area contributed by atoms with Gasteiger partial charge in [-0.25, -0.2) is 4.39 Å². The van der Waals surface area contributed by atoms with Crippen LogP contribution in [0.5, 0.6) is 0 Å². The van der Waals surface area contributed by atoms with Crippen LogP contribution in [0.2, 0.25) is 5.02 Å². The van der Waals surface area contributed by atoms with Crippen molar-refractivity contribution in [1.29, 1.82) is 0 Å². The van der Waals surface area contributed by atoms with Crippen molar-refractivity contribution in [2.75, 3.05) is 0 Å². The van der Waals surface area contributed by atoms with E-state index in [2.05, 4.69) is 31.9 Å². The molecule has 0 aliphatic carbocycles. The standard InChI is InChI=1S/C14H9Br2Cl2F/c1-7-4-12(16)10(6-11(7)15)14(18)9-3-2-8(17)5-13(9)19/h2-6,14H,1H3. The molecule has 2 aromatic rings. The summed E-state index contributed by atoms with van der Waals surface area (Å²) in [5.41, 5.74) is 2.29. The van der Waals surface area contributed by atoms with Crippen LogP contribution in [0, 0.1) is 12.7 Å². The molecule has 0 N–H and O–H groups in total. The average molecular weight is 427 g/mol. The zero-order valence-corrected chi connectivity index (χ0v) is 14.5. The fourth-order valence-corrected chi connectivity index (χ4v) is 3.43. The normalized spacial score (nSPS) is 12.5. The summed E-state index contributed by atoms with van der Waals surface area (Å²) >= 11 is 19.1. The lowest BCUT2D eigenvalue weighted by Gasteiger charge is -2.15. The first-order valence-corrected chi connectivity index (χ1v) is 7.84. The zero-order chi connectivity index (χ0) is 14.2. The number of hydrogen-bond acceptors (Lipinski definition) is 0. The first-order chi connectivity index (χ1) is 8.90. The quantitative estimate of drug-likeness (QED) is 0.472. The summed E-state index contributed by atoms with van der Waals surface area (Å²) in [5, 5.41) is -0.224. The molecule has 1 atom stereocenters. The zero-order valence-electron chi connectivity index (χ0n) is 9.85. The third kappa shape index (κ3) is 3.33. The highest BCUT2D eigenvalue weighted by Gasteiger charge is 2.19. The second kappa shape index (κ2) is 6.13. The summed E-state index contributed by atoms with van der Waals surface area (Å²) < 4.78 is 15.7. The topological polar surface area (TPSA) is 0 Å². The highest BCUT2D eigenvalue weighted by molar-refractivity contribution is 9.11. The van der Waals surface area contributed by atoms with Gasteiger partial charge in [0.15, 0.2) is 0 Å². The first kappa shape index (κ1) is 15.3. The van der Waals surface area contributed by atoms with E-state index in [1.807, 2.05) is 19.1 Å². The Morgan fingerprint density at radius 2 is 1.74 bits per heavy atom. The van der Waals surface area contributed by atoms with Crippen LogP contribution in [-0.4, -0.2) is 0 Å². The Labute approximate surface area is 138 Å². The van der Waals surface area contributed by atoms with Gasteiger partial charge in [-0.3, -0.25) is 0 Å². The molecule has 1 unspecified atom stereocenters. The van der Waals surface area contributed by atoms with E-state index >= 15 is 0 Å². The molecule has 0 spiro atoms. The van der Waals surface area contributed by atoms with Crippen LogP contribution in [0.1, 0.15) is 22.1 Å². The van der Waals surface area contributed by atoms with Crippen LogP contribution in [0.3, 0.4) is 0 Å². The highest BCUT2D eigenvalue weighted by Crippen LogP contribution is 2.38. The summed E-state index contributed by atoms with van der Waals surface area (Å²) in [7, 11) is 0. The van der Waals surface area contributed by atoms with Gasteiger partial charge in [-0.1, -0.05) is 49.5 Å². The Kier molecular flexibility index (Phi) is 4.93. The van der Waals surface area contributed by atoms with Gasteiger partial charge < -0.3 is 0 Å². The van der Waals surface area contributed by atoms with Crippen molar-refractivity contribution in [3.8, 4) is 0 Å². The minimum absolute atomic E-state index is 0.356. The van der Waals surface area contributed by atoms with Crippen LogP contribution < -0.4 is 0 Å². The fraction of sp³-hybridized carbons (Fsp3) is 0.143. The molecule has 2 aromatic carbocycles. The summed E-state index contributed by atoms with van der Waals surface area (Å²) in [5.74, 6) is -0.406. The molecule has 0 radical (unpaired) electrons. The third-order valence-electron chi connectivity index (χ3n) is 2.79. The maximum absolute atomic E-state index is 13.9. The smallest absolute Gasteiger partial charge is 0.129 e. The number of aryl methyl sites for hydroxylation is 1. The Hall–Kier alpha value is -0.0900. The van der Waals surface area contributed by atoms with Crippen molar-refractivity contribution < 1.29 is 4.39 Å². The van der Waals surface area contributed by atoms with Crippen molar-refractivity contribution >= 4 is 55.1 Å². The summed E-state index contributed by atoms with van der Waals surface area (Å²) in [4.78, 5) is 0. The molecular weight excluding hydrogens is 418 g/mol. The van der Waals surface area contributed by atoms with E-state index in [0.717, 1.165) is 20.1 Å². The maximum atomic E-state index is 13.9. The van der Waals surface area contributed by atoms with Gasteiger partial charge in [0.25, 0.3) is 0 Å². The van der Waals surface area contributed by atoms with E-state index < -0.39 is 11.2 Å². The Bertz CT molecular complexity index is 629. The predicted molar refractivity (Wildman–Crippen MR) is 85.7 cm³/mol. The second-order valence-electron chi connectivity index (χ2n) is 4.15. The Morgan fingerprint density at radius 1 is 1.05 bits per heavy atom. The molecule has 2 rings (SSSR count). The van der Waals surface area contributed by atoms with Gasteiger partial charge in [-0.2, -0.15) is 0 Å². The summed E-state index contributed by atoms with van der Waals surface area (Å²) in [6.45, 7) is 1.98. The largest absolute Gasteiger partial charge is 0.207 e. The van der Waals surface area contributed by atoms with E-state index in [1.54, 1.807) is 12.1 Å². The fourth-order valence-electron chi connectivity index (χ4n) is 1.73. The molecule has 0 nitrogen and oxygen atoms in total. The molecule has 0 aliphatic heterocycles. The molecule has 0 bridgehead atoms. The molecular formula is C14H9Br2Cl2F. The summed E-state index contributed by atoms with van der Waals surface area (Å²) in [6.07, 6.45) is 0. The van der Waals surface area contributed by atoms with Crippen molar-refractivity contribution in [2.45, 2.75) is 12.3 Å². The Morgan fingerprint density at radius 3 is 2.37 bits per heavy atom. The van der Waals surface area contributed by atoms with Crippen LogP contribution in [0.15, 0.2) is 39.3 Å². The second-order valence-corrected chi connectivity index (χ2v) is 6.73. The molecule has 19 heavy (non-hydrogen) atoms. The molecule has 100 valence electrons. The molecule has 0 saturated carbocycles. The SMILES string of the molecule is Cc1cc(Br)c(C(Cl)c2ccc(Cl)cc2F)cc1Br. The van der Waals surface area contributed by atoms with Crippen molar-refractivity contribution in [2.24, 2.45) is 0 Å². The third-order valence-corrected chi connectivity index (χ3v) is 5.03. The highest BCUT2D eigenvalue weighted by atomic mass is 79.9. The minimum Gasteiger partial charge on any atom is -0.207 e. The number of rotatable bonds is 2. The van der Waals surface area contributed by atoms with E-state index in [9.17, 15) is 4.39 Å². The number of hydrogen-bond donors (Lipinski definition) is 0. The predicted octanol–water partition coefficient (Wildman–Crippen LogP) is 6.64. The minimum atomic E-state index is -0.580. The lowest BCUT2D eigenvalue weighted by Crippen LogP contribution is -1.99. The van der Waals surface area contributed by atoms with E-state index in [1.165, 1.54) is 6.07 Å². The monoisotopic (exact) mass is 424 g/mol. The van der Waals surface area contributed by atoms with Gasteiger partial charge in [0.1, 0.15) is 5.82 Å². The van der Waals surface area contributed by atoms with Gasteiger partial charge in [-0.15, -0.1) is 11.6 Å². The lowest BCUT2D eigenvalue weighted by molar-refractivity contribution is 0.612.